The molecule has 0 spiro atoms. The van der Waals surface area contributed by atoms with Gasteiger partial charge < -0.3 is 39.4 Å². The maximum absolute atomic E-state index is 11.4. The molecule has 0 rings (SSSR count). The van der Waals surface area contributed by atoms with Crippen molar-refractivity contribution in [2.75, 3.05) is 78.4 Å². The lowest BCUT2D eigenvalue weighted by molar-refractivity contribution is 0.0278. The molecular formula is C18H35ClN2O8. The number of alkyl halides is 1. The normalized spacial score (nSPS) is 10.7. The van der Waals surface area contributed by atoms with Crippen molar-refractivity contribution in [2.45, 2.75) is 25.7 Å². The lowest BCUT2D eigenvalue weighted by Crippen LogP contribution is -2.29. The summed E-state index contributed by atoms with van der Waals surface area (Å²) < 4.78 is 26.1. The highest BCUT2D eigenvalue weighted by molar-refractivity contribution is 6.17. The average molecular weight is 443 g/mol. The molecule has 0 saturated heterocycles. The monoisotopic (exact) mass is 442 g/mol. The summed E-state index contributed by atoms with van der Waals surface area (Å²) in [5, 5.41) is 13.1. The summed E-state index contributed by atoms with van der Waals surface area (Å²) in [5.74, 6) is 0.719. The quantitative estimate of drug-likeness (QED) is 0.182. The number of hydrogen-bond acceptors (Lipinski definition) is 7. The molecule has 172 valence electrons. The second kappa shape index (κ2) is 23.0. The van der Waals surface area contributed by atoms with Crippen molar-refractivity contribution in [1.82, 2.24) is 10.6 Å². The molecule has 29 heavy (non-hydrogen) atoms. The first-order chi connectivity index (χ1) is 14.2. The van der Waals surface area contributed by atoms with E-state index in [-0.39, 0.29) is 26.4 Å². The molecule has 0 fully saturated rings. The molecule has 0 saturated carbocycles. The highest BCUT2D eigenvalue weighted by Crippen LogP contribution is 2.00. The zero-order valence-electron chi connectivity index (χ0n) is 17.0. The molecule has 0 atom stereocenters. The van der Waals surface area contributed by atoms with Crippen LogP contribution in [0, 0.1) is 0 Å². The lowest BCUT2D eigenvalue weighted by Gasteiger charge is -2.09. The van der Waals surface area contributed by atoms with E-state index in [0.29, 0.717) is 39.6 Å². The number of halogens is 1. The molecule has 3 N–H and O–H groups in total. The Bertz CT molecular complexity index is 391. The number of alkyl carbamates (subject to hydrolysis) is 1. The minimum atomic E-state index is -1.08. The van der Waals surface area contributed by atoms with Crippen LogP contribution in [-0.4, -0.2) is 95.7 Å². The van der Waals surface area contributed by atoms with Crippen LogP contribution >= 0.6 is 11.6 Å². The van der Waals surface area contributed by atoms with Crippen molar-refractivity contribution >= 4 is 23.8 Å². The number of nitrogens with one attached hydrogen (secondary N) is 2. The van der Waals surface area contributed by atoms with Crippen LogP contribution in [0.3, 0.4) is 0 Å². The van der Waals surface area contributed by atoms with E-state index in [1.54, 1.807) is 0 Å². The maximum Gasteiger partial charge on any atom is 0.407 e. The Morgan fingerprint density at radius 1 is 0.655 bits per heavy atom. The van der Waals surface area contributed by atoms with Crippen LogP contribution in [0.5, 0.6) is 0 Å². The van der Waals surface area contributed by atoms with Gasteiger partial charge in [-0.05, 0) is 12.8 Å². The molecular weight excluding hydrogens is 408 g/mol. The van der Waals surface area contributed by atoms with E-state index in [4.69, 9.17) is 40.4 Å². The summed E-state index contributed by atoms with van der Waals surface area (Å²) in [6.07, 6.45) is 2.75. The number of carbonyl (C=O) groups excluding carboxylic acids is 1. The highest BCUT2D eigenvalue weighted by atomic mass is 35.5. The summed E-state index contributed by atoms with van der Waals surface area (Å²) in [7, 11) is 0. The molecule has 0 aromatic heterocycles. The van der Waals surface area contributed by atoms with Gasteiger partial charge in [-0.1, -0.05) is 12.8 Å². The molecule has 0 aliphatic carbocycles. The first-order valence-corrected chi connectivity index (χ1v) is 10.4. The number of amides is 2. The van der Waals surface area contributed by atoms with Crippen LogP contribution in [0.25, 0.3) is 0 Å². The zero-order valence-corrected chi connectivity index (χ0v) is 17.8. The minimum Gasteiger partial charge on any atom is -0.465 e. The Balaban J connectivity index is 3.16. The molecule has 2 amide bonds. The lowest BCUT2D eigenvalue weighted by atomic mass is 10.2. The van der Waals surface area contributed by atoms with Crippen molar-refractivity contribution in [3.8, 4) is 0 Å². The van der Waals surface area contributed by atoms with Crippen LogP contribution in [0.15, 0.2) is 0 Å². The Kier molecular flexibility index (Phi) is 21.9. The standard InChI is InChI=1S/C18H35ClN2O8/c19-5-3-1-2-4-8-25-11-12-27-10-7-21-18(24)29-16-15-28-14-13-26-9-6-20-17(22)23/h20H,1-16H2,(H,21,24)(H,22,23). The van der Waals surface area contributed by atoms with Crippen LogP contribution < -0.4 is 10.6 Å². The highest BCUT2D eigenvalue weighted by Gasteiger charge is 2.01. The zero-order chi connectivity index (χ0) is 21.4. The van der Waals surface area contributed by atoms with E-state index < -0.39 is 12.2 Å². The largest absolute Gasteiger partial charge is 0.465 e. The third-order valence-electron chi connectivity index (χ3n) is 3.42. The summed E-state index contributed by atoms with van der Waals surface area (Å²) >= 11 is 5.61. The van der Waals surface area contributed by atoms with Crippen molar-refractivity contribution in [3.63, 3.8) is 0 Å². The average Bonchev–Trinajstić information content (AvgIpc) is 2.70. The third kappa shape index (κ3) is 24.6. The van der Waals surface area contributed by atoms with Crippen molar-refractivity contribution < 1.29 is 38.4 Å². The number of hydrogen-bond donors (Lipinski definition) is 3. The van der Waals surface area contributed by atoms with E-state index >= 15 is 0 Å². The van der Waals surface area contributed by atoms with Gasteiger partial charge in [0.15, 0.2) is 0 Å². The molecule has 10 nitrogen and oxygen atoms in total. The number of ether oxygens (including phenoxy) is 5. The van der Waals surface area contributed by atoms with Gasteiger partial charge in [-0.15, -0.1) is 11.6 Å². The SMILES string of the molecule is O=C(O)NCCOCCOCCOC(=O)NCCOCCOCCCCCCCl. The molecule has 0 radical (unpaired) electrons. The van der Waals surface area contributed by atoms with Gasteiger partial charge in [0.25, 0.3) is 0 Å². The van der Waals surface area contributed by atoms with Gasteiger partial charge in [-0.25, -0.2) is 9.59 Å². The van der Waals surface area contributed by atoms with E-state index in [2.05, 4.69) is 10.6 Å². The van der Waals surface area contributed by atoms with Crippen LogP contribution in [0.1, 0.15) is 25.7 Å². The number of rotatable bonds is 21. The van der Waals surface area contributed by atoms with Gasteiger partial charge in [0.05, 0.1) is 46.2 Å². The van der Waals surface area contributed by atoms with Crippen molar-refractivity contribution in [1.29, 1.82) is 0 Å². The molecule has 0 bridgehead atoms. The van der Waals surface area contributed by atoms with Crippen LogP contribution in [0.2, 0.25) is 0 Å². The second-order valence-electron chi connectivity index (χ2n) is 5.85. The van der Waals surface area contributed by atoms with Crippen LogP contribution in [0.4, 0.5) is 9.59 Å². The van der Waals surface area contributed by atoms with Gasteiger partial charge >= 0.3 is 12.2 Å². The van der Waals surface area contributed by atoms with Gasteiger partial charge in [0.2, 0.25) is 0 Å². The molecule has 0 aliphatic rings. The van der Waals surface area contributed by atoms with Crippen LogP contribution in [-0.2, 0) is 23.7 Å². The van der Waals surface area contributed by atoms with Crippen molar-refractivity contribution in [2.24, 2.45) is 0 Å². The Morgan fingerprint density at radius 2 is 1.17 bits per heavy atom. The van der Waals surface area contributed by atoms with E-state index in [1.165, 1.54) is 0 Å². The van der Waals surface area contributed by atoms with E-state index in [9.17, 15) is 9.59 Å². The number of carbonyl (C=O) groups is 2. The molecule has 0 heterocycles. The van der Waals surface area contributed by atoms with E-state index in [1.807, 2.05) is 0 Å². The Labute approximate surface area is 177 Å². The molecule has 0 aliphatic heterocycles. The Hall–Kier alpha value is -1.33. The van der Waals surface area contributed by atoms with Gasteiger partial charge in [-0.3, -0.25) is 0 Å². The van der Waals surface area contributed by atoms with Gasteiger partial charge in [0.1, 0.15) is 6.61 Å². The van der Waals surface area contributed by atoms with Gasteiger partial charge in [0, 0.05) is 25.6 Å². The number of carboxylic acid groups (broad SMARTS) is 1. The van der Waals surface area contributed by atoms with Crippen molar-refractivity contribution in [3.05, 3.63) is 0 Å². The fourth-order valence-corrected chi connectivity index (χ4v) is 2.18. The summed E-state index contributed by atoms with van der Waals surface area (Å²) in [4.78, 5) is 21.6. The minimum absolute atomic E-state index is 0.131. The predicted molar refractivity (Wildman–Crippen MR) is 108 cm³/mol. The molecule has 0 aromatic rings. The fraction of sp³-hybridized carbons (Fsp3) is 0.889. The summed E-state index contributed by atoms with van der Waals surface area (Å²) in [5.41, 5.74) is 0. The molecule has 0 unspecified atom stereocenters. The predicted octanol–water partition coefficient (Wildman–Crippen LogP) is 1.85. The number of unbranched alkanes of at least 4 members (excludes halogenated alkanes) is 3. The third-order valence-corrected chi connectivity index (χ3v) is 3.68. The Morgan fingerprint density at radius 3 is 1.79 bits per heavy atom. The van der Waals surface area contributed by atoms with E-state index in [0.717, 1.165) is 38.2 Å². The first kappa shape index (κ1) is 27.7. The summed E-state index contributed by atoms with van der Waals surface area (Å²) in [6, 6.07) is 0. The summed E-state index contributed by atoms with van der Waals surface area (Å²) in [6.45, 7) is 4.06. The first-order valence-electron chi connectivity index (χ1n) is 9.91. The fourth-order valence-electron chi connectivity index (χ4n) is 2.00. The molecule has 11 heteroatoms. The topological polar surface area (TPSA) is 125 Å². The molecule has 0 aromatic carbocycles. The smallest absolute Gasteiger partial charge is 0.407 e. The second-order valence-corrected chi connectivity index (χ2v) is 6.23. The van der Waals surface area contributed by atoms with Gasteiger partial charge in [-0.2, -0.15) is 0 Å². The maximum atomic E-state index is 11.4.